The van der Waals surface area contributed by atoms with Crippen LogP contribution in [0, 0.1) is 5.92 Å². The Labute approximate surface area is 153 Å². The summed E-state index contributed by atoms with van der Waals surface area (Å²) in [5, 5.41) is 2.74. The summed E-state index contributed by atoms with van der Waals surface area (Å²) >= 11 is 0. The van der Waals surface area contributed by atoms with Gasteiger partial charge in [-0.15, -0.1) is 0 Å². The Kier molecular flexibility index (Phi) is 5.46. The quantitative estimate of drug-likeness (QED) is 0.665. The molecule has 1 unspecified atom stereocenters. The molecule has 1 heterocycles. The Morgan fingerprint density at radius 1 is 1.08 bits per heavy atom. The lowest BCUT2D eigenvalue weighted by Gasteiger charge is -2.11. The summed E-state index contributed by atoms with van der Waals surface area (Å²) in [6, 6.07) is 17.9. The Morgan fingerprint density at radius 2 is 1.77 bits per heavy atom. The SMILES string of the molecule is CCC(C)C(=O)C(=O)NCCn1c(-c2ccccc2)nc2ccccc21. The number of aromatic nitrogens is 2. The van der Waals surface area contributed by atoms with Crippen molar-refractivity contribution < 1.29 is 9.59 Å². The average Bonchev–Trinajstić information content (AvgIpc) is 3.06. The first-order chi connectivity index (χ1) is 12.6. The standard InChI is InChI=1S/C21H23N3O2/c1-3-15(2)19(25)21(26)22-13-14-24-18-12-8-7-11-17(18)23-20(24)16-9-5-4-6-10-16/h4-12,15H,3,13-14H2,1-2H3,(H,22,26). The molecule has 3 aromatic rings. The number of Topliss-reactive ketones (excluding diaryl/α,β-unsaturated/α-hetero) is 1. The molecule has 0 aliphatic carbocycles. The van der Waals surface area contributed by atoms with Crippen LogP contribution in [0.15, 0.2) is 54.6 Å². The molecule has 0 bridgehead atoms. The van der Waals surface area contributed by atoms with Gasteiger partial charge in [0, 0.05) is 24.6 Å². The minimum absolute atomic E-state index is 0.246. The number of amides is 1. The van der Waals surface area contributed by atoms with Crippen LogP contribution in [0.5, 0.6) is 0 Å². The maximum absolute atomic E-state index is 12.0. The highest BCUT2D eigenvalue weighted by Gasteiger charge is 2.19. The van der Waals surface area contributed by atoms with Gasteiger partial charge in [0.1, 0.15) is 5.82 Å². The number of hydrogen-bond donors (Lipinski definition) is 1. The summed E-state index contributed by atoms with van der Waals surface area (Å²) in [6.45, 7) is 4.60. The van der Waals surface area contributed by atoms with Crippen LogP contribution in [0.2, 0.25) is 0 Å². The summed E-state index contributed by atoms with van der Waals surface area (Å²) in [6.07, 6.45) is 0.663. The number of rotatable bonds is 7. The van der Waals surface area contributed by atoms with Crippen LogP contribution >= 0.6 is 0 Å². The molecule has 0 saturated heterocycles. The molecule has 5 nitrogen and oxygen atoms in total. The van der Waals surface area contributed by atoms with Crippen molar-refractivity contribution in [2.24, 2.45) is 5.92 Å². The van der Waals surface area contributed by atoms with Gasteiger partial charge in [-0.1, -0.05) is 56.3 Å². The summed E-state index contributed by atoms with van der Waals surface area (Å²) in [4.78, 5) is 28.7. The fourth-order valence-electron chi connectivity index (χ4n) is 2.89. The second-order valence-corrected chi connectivity index (χ2v) is 6.37. The van der Waals surface area contributed by atoms with Crippen LogP contribution in [0.4, 0.5) is 0 Å². The lowest BCUT2D eigenvalue weighted by atomic mass is 10.0. The van der Waals surface area contributed by atoms with Crippen molar-refractivity contribution >= 4 is 22.7 Å². The minimum atomic E-state index is -0.509. The number of hydrogen-bond acceptors (Lipinski definition) is 3. The molecule has 1 N–H and O–H groups in total. The number of imidazole rings is 1. The molecule has 0 fully saturated rings. The van der Waals surface area contributed by atoms with Gasteiger partial charge >= 0.3 is 0 Å². The van der Waals surface area contributed by atoms with E-state index in [2.05, 4.69) is 9.88 Å². The molecule has 0 spiro atoms. The molecule has 0 radical (unpaired) electrons. The number of nitrogens with zero attached hydrogens (tertiary/aromatic N) is 2. The van der Waals surface area contributed by atoms with Crippen LogP contribution < -0.4 is 5.32 Å². The molecule has 0 aliphatic heterocycles. The van der Waals surface area contributed by atoms with Crippen LogP contribution in [-0.2, 0) is 16.1 Å². The molecule has 134 valence electrons. The molecular formula is C21H23N3O2. The Balaban J connectivity index is 1.81. The zero-order valence-corrected chi connectivity index (χ0v) is 15.1. The van der Waals surface area contributed by atoms with Gasteiger partial charge in [-0.05, 0) is 18.6 Å². The number of para-hydroxylation sites is 2. The highest BCUT2D eigenvalue weighted by molar-refractivity contribution is 6.36. The van der Waals surface area contributed by atoms with E-state index in [9.17, 15) is 9.59 Å². The monoisotopic (exact) mass is 349 g/mol. The van der Waals surface area contributed by atoms with Crippen molar-refractivity contribution in [1.82, 2.24) is 14.9 Å². The molecule has 3 rings (SSSR count). The smallest absolute Gasteiger partial charge is 0.287 e. The van der Waals surface area contributed by atoms with Gasteiger partial charge in [0.05, 0.1) is 11.0 Å². The third-order valence-electron chi connectivity index (χ3n) is 4.59. The number of benzene rings is 2. The zero-order chi connectivity index (χ0) is 18.5. The van der Waals surface area contributed by atoms with E-state index in [1.54, 1.807) is 6.92 Å². The van der Waals surface area contributed by atoms with E-state index in [0.29, 0.717) is 19.5 Å². The summed E-state index contributed by atoms with van der Waals surface area (Å²) in [7, 11) is 0. The lowest BCUT2D eigenvalue weighted by molar-refractivity contribution is -0.140. The largest absolute Gasteiger partial charge is 0.348 e. The van der Waals surface area contributed by atoms with Gasteiger partial charge in [-0.2, -0.15) is 0 Å². The van der Waals surface area contributed by atoms with Gasteiger partial charge in [0.25, 0.3) is 5.91 Å². The van der Waals surface area contributed by atoms with Crippen molar-refractivity contribution in [3.63, 3.8) is 0 Å². The van der Waals surface area contributed by atoms with Crippen LogP contribution in [-0.4, -0.2) is 27.8 Å². The van der Waals surface area contributed by atoms with Crippen molar-refractivity contribution in [2.45, 2.75) is 26.8 Å². The second-order valence-electron chi connectivity index (χ2n) is 6.37. The number of carbonyl (C=O) groups excluding carboxylic acids is 2. The maximum atomic E-state index is 12.0. The molecule has 26 heavy (non-hydrogen) atoms. The molecule has 1 aromatic heterocycles. The van der Waals surface area contributed by atoms with E-state index in [-0.39, 0.29) is 11.7 Å². The Hall–Kier alpha value is -2.95. The van der Waals surface area contributed by atoms with Gasteiger partial charge < -0.3 is 9.88 Å². The van der Waals surface area contributed by atoms with E-state index in [1.807, 2.05) is 61.5 Å². The van der Waals surface area contributed by atoms with E-state index >= 15 is 0 Å². The Morgan fingerprint density at radius 3 is 2.50 bits per heavy atom. The number of ketones is 1. The molecule has 0 saturated carbocycles. The van der Waals surface area contributed by atoms with E-state index in [0.717, 1.165) is 22.4 Å². The normalized spacial score (nSPS) is 12.1. The molecule has 2 aromatic carbocycles. The fraction of sp³-hybridized carbons (Fsp3) is 0.286. The van der Waals surface area contributed by atoms with Crippen molar-refractivity contribution in [2.75, 3.05) is 6.54 Å². The van der Waals surface area contributed by atoms with Gasteiger partial charge in [-0.3, -0.25) is 9.59 Å². The summed E-state index contributed by atoms with van der Waals surface area (Å²) in [5.41, 5.74) is 2.94. The third-order valence-corrected chi connectivity index (χ3v) is 4.59. The van der Waals surface area contributed by atoms with E-state index in [4.69, 9.17) is 4.98 Å². The van der Waals surface area contributed by atoms with Crippen LogP contribution in [0.3, 0.4) is 0 Å². The molecular weight excluding hydrogens is 326 g/mol. The van der Waals surface area contributed by atoms with Crippen LogP contribution in [0.25, 0.3) is 22.4 Å². The number of fused-ring (bicyclic) bond motifs is 1. The topological polar surface area (TPSA) is 64.0 Å². The maximum Gasteiger partial charge on any atom is 0.287 e. The summed E-state index contributed by atoms with van der Waals surface area (Å²) < 4.78 is 2.08. The highest BCUT2D eigenvalue weighted by Crippen LogP contribution is 2.24. The van der Waals surface area contributed by atoms with E-state index in [1.165, 1.54) is 0 Å². The van der Waals surface area contributed by atoms with Gasteiger partial charge in [-0.25, -0.2) is 4.98 Å². The molecule has 1 amide bonds. The fourth-order valence-corrected chi connectivity index (χ4v) is 2.89. The van der Waals surface area contributed by atoms with Crippen LogP contribution in [0.1, 0.15) is 20.3 Å². The summed E-state index contributed by atoms with van der Waals surface area (Å²) in [5.74, 6) is -0.255. The van der Waals surface area contributed by atoms with Gasteiger partial charge in [0.2, 0.25) is 5.78 Å². The second kappa shape index (κ2) is 7.95. The zero-order valence-electron chi connectivity index (χ0n) is 15.1. The minimum Gasteiger partial charge on any atom is -0.348 e. The first-order valence-corrected chi connectivity index (χ1v) is 8.94. The average molecular weight is 349 g/mol. The molecule has 0 aliphatic rings. The Bertz CT molecular complexity index is 915. The van der Waals surface area contributed by atoms with Crippen molar-refractivity contribution in [1.29, 1.82) is 0 Å². The molecule has 5 heteroatoms. The van der Waals surface area contributed by atoms with Crippen molar-refractivity contribution in [3.05, 3.63) is 54.6 Å². The highest BCUT2D eigenvalue weighted by atomic mass is 16.2. The first kappa shape index (κ1) is 17.9. The van der Waals surface area contributed by atoms with E-state index < -0.39 is 5.91 Å². The first-order valence-electron chi connectivity index (χ1n) is 8.94. The number of carbonyl (C=O) groups is 2. The lowest BCUT2D eigenvalue weighted by Crippen LogP contribution is -2.36. The van der Waals surface area contributed by atoms with Crippen molar-refractivity contribution in [3.8, 4) is 11.4 Å². The van der Waals surface area contributed by atoms with Gasteiger partial charge in [0.15, 0.2) is 0 Å². The predicted molar refractivity (Wildman–Crippen MR) is 103 cm³/mol. The number of nitrogens with one attached hydrogen (secondary N) is 1. The third kappa shape index (κ3) is 3.67. The molecule has 1 atom stereocenters. The predicted octanol–water partition coefficient (Wildman–Crippen LogP) is 3.43.